The van der Waals surface area contributed by atoms with Gasteiger partial charge in [0.25, 0.3) is 0 Å². The van der Waals surface area contributed by atoms with Gasteiger partial charge in [0, 0.05) is 12.3 Å². The van der Waals surface area contributed by atoms with Gasteiger partial charge in [-0.15, -0.1) is 18.2 Å². The van der Waals surface area contributed by atoms with Gasteiger partial charge in [0.05, 0.1) is 16.2 Å². The quantitative estimate of drug-likeness (QED) is 0.560. The number of benzene rings is 1. The maximum Gasteiger partial charge on any atom is 0.335 e. The van der Waals surface area contributed by atoms with E-state index >= 15 is 0 Å². The Hall–Kier alpha value is -1.49. The lowest BCUT2D eigenvalue weighted by Gasteiger charge is -2.11. The monoisotopic (exact) mass is 327 g/mol. The fourth-order valence-electron chi connectivity index (χ4n) is 1.69. The van der Waals surface area contributed by atoms with Crippen LogP contribution in [0.2, 0.25) is 0 Å². The highest BCUT2D eigenvalue weighted by atomic mass is 32.2. The van der Waals surface area contributed by atoms with Crippen LogP contribution in [0, 0.1) is 12.3 Å². The maximum atomic E-state index is 12.3. The predicted octanol–water partition coefficient (Wildman–Crippen LogP) is 1.59. The van der Waals surface area contributed by atoms with Crippen LogP contribution in [0.25, 0.3) is 0 Å². The molecule has 0 atom stereocenters. The first-order chi connectivity index (χ1) is 9.92. The maximum absolute atomic E-state index is 12.3. The van der Waals surface area contributed by atoms with Gasteiger partial charge in [-0.3, -0.25) is 0 Å². The first-order valence-corrected chi connectivity index (χ1v) is 8.93. The third kappa shape index (κ3) is 5.08. The average Bonchev–Trinajstić information content (AvgIpc) is 2.46. The number of hydrogen-bond acceptors (Lipinski definition) is 4. The van der Waals surface area contributed by atoms with Gasteiger partial charge >= 0.3 is 5.97 Å². The molecule has 0 aliphatic carbocycles. The predicted molar refractivity (Wildman–Crippen MR) is 84.1 cm³/mol. The summed E-state index contributed by atoms with van der Waals surface area (Å²) in [6.07, 6.45) is 5.61. The van der Waals surface area contributed by atoms with Crippen molar-refractivity contribution in [2.45, 2.75) is 18.2 Å². The van der Waals surface area contributed by atoms with Crippen LogP contribution in [-0.4, -0.2) is 37.5 Å². The van der Waals surface area contributed by atoms with Crippen LogP contribution in [0.5, 0.6) is 0 Å². The van der Waals surface area contributed by atoms with Crippen molar-refractivity contribution in [2.24, 2.45) is 0 Å². The lowest BCUT2D eigenvalue weighted by molar-refractivity contribution is 0.0696. The minimum atomic E-state index is -3.72. The van der Waals surface area contributed by atoms with E-state index in [-0.39, 0.29) is 17.0 Å². The summed E-state index contributed by atoms with van der Waals surface area (Å²) in [7, 11) is -3.72. The summed E-state index contributed by atoms with van der Waals surface area (Å²) in [6.45, 7) is 2.06. The molecule has 21 heavy (non-hydrogen) atoms. The van der Waals surface area contributed by atoms with Gasteiger partial charge in [0.1, 0.15) is 0 Å². The second-order valence-electron chi connectivity index (χ2n) is 4.14. The molecule has 0 fully saturated rings. The van der Waals surface area contributed by atoms with Crippen molar-refractivity contribution in [3.8, 4) is 12.3 Å². The summed E-state index contributed by atoms with van der Waals surface area (Å²) in [5, 5.41) is 8.97. The number of rotatable bonds is 8. The van der Waals surface area contributed by atoms with E-state index in [2.05, 4.69) is 10.6 Å². The summed E-state index contributed by atoms with van der Waals surface area (Å²) in [5.74, 6) is 2.38. The molecule has 0 saturated carbocycles. The molecule has 0 bridgehead atoms. The summed E-state index contributed by atoms with van der Waals surface area (Å²) < 4.78 is 27.0. The zero-order valence-corrected chi connectivity index (χ0v) is 13.3. The molecule has 7 heteroatoms. The topological polar surface area (TPSA) is 83.5 Å². The van der Waals surface area contributed by atoms with Gasteiger partial charge in [-0.05, 0) is 24.1 Å². The van der Waals surface area contributed by atoms with Gasteiger partial charge in [-0.1, -0.05) is 18.9 Å². The molecule has 1 aromatic rings. The number of hydrogen-bond donors (Lipinski definition) is 2. The number of aromatic carboxylic acids is 1. The molecule has 0 radical (unpaired) electrons. The van der Waals surface area contributed by atoms with Gasteiger partial charge in [-0.25, -0.2) is 17.9 Å². The molecule has 0 aliphatic heterocycles. The van der Waals surface area contributed by atoms with Crippen molar-refractivity contribution in [1.82, 2.24) is 4.72 Å². The van der Waals surface area contributed by atoms with Crippen LogP contribution < -0.4 is 4.72 Å². The normalized spacial score (nSPS) is 11.0. The van der Waals surface area contributed by atoms with Crippen molar-refractivity contribution >= 4 is 27.8 Å². The fraction of sp³-hybridized carbons (Fsp3) is 0.357. The number of nitrogens with one attached hydrogen (secondary N) is 1. The third-order valence-corrected chi connectivity index (χ3v) is 5.12. The number of aryl methyl sites for hydroxylation is 1. The van der Waals surface area contributed by atoms with Crippen LogP contribution in [0.4, 0.5) is 0 Å². The van der Waals surface area contributed by atoms with Crippen molar-refractivity contribution in [3.63, 3.8) is 0 Å². The molecule has 0 saturated heterocycles. The highest BCUT2D eigenvalue weighted by molar-refractivity contribution is 7.99. The van der Waals surface area contributed by atoms with E-state index < -0.39 is 16.0 Å². The summed E-state index contributed by atoms with van der Waals surface area (Å²) >= 11 is 1.45. The van der Waals surface area contributed by atoms with Gasteiger partial charge in [0.2, 0.25) is 10.0 Å². The Balaban J connectivity index is 2.93. The van der Waals surface area contributed by atoms with Crippen molar-refractivity contribution < 1.29 is 18.3 Å². The Bertz CT molecular complexity index is 647. The lowest BCUT2D eigenvalue weighted by Crippen LogP contribution is -2.27. The number of carbonyl (C=O) groups is 1. The van der Waals surface area contributed by atoms with Crippen LogP contribution in [0.1, 0.15) is 22.8 Å². The third-order valence-electron chi connectivity index (χ3n) is 2.71. The molecule has 0 spiro atoms. The Morgan fingerprint density at radius 1 is 1.48 bits per heavy atom. The lowest BCUT2D eigenvalue weighted by atomic mass is 10.1. The first-order valence-electron chi connectivity index (χ1n) is 6.29. The molecule has 0 unspecified atom stereocenters. The fourth-order valence-corrected chi connectivity index (χ4v) is 3.69. The Morgan fingerprint density at radius 2 is 2.19 bits per heavy atom. The van der Waals surface area contributed by atoms with E-state index in [9.17, 15) is 13.2 Å². The number of carboxylic acid groups (broad SMARTS) is 1. The molecule has 5 nitrogen and oxygen atoms in total. The SMILES string of the molecule is C#CCSCCNS(=O)(=O)c1cc(C(=O)O)ccc1CC. The number of terminal acetylenes is 1. The second kappa shape index (κ2) is 8.08. The molecule has 0 aliphatic rings. The molecule has 0 heterocycles. The zero-order chi connectivity index (χ0) is 15.9. The Labute approximate surface area is 129 Å². The summed E-state index contributed by atoms with van der Waals surface area (Å²) in [6, 6.07) is 4.13. The zero-order valence-electron chi connectivity index (χ0n) is 11.6. The molecule has 1 rings (SSSR count). The molecular formula is C14H17NO4S2. The van der Waals surface area contributed by atoms with E-state index in [1.54, 1.807) is 0 Å². The molecule has 114 valence electrons. The first kappa shape index (κ1) is 17.6. The standard InChI is InChI=1S/C14H17NO4S2/c1-3-8-20-9-7-15-21(18,19)13-10-12(14(16)17)6-5-11(13)4-2/h1,5-6,10,15H,4,7-9H2,2H3,(H,16,17). The molecular weight excluding hydrogens is 310 g/mol. The number of carboxylic acids is 1. The van der Waals surface area contributed by atoms with Gasteiger partial charge in [-0.2, -0.15) is 0 Å². The minimum absolute atomic E-state index is 0.0202. The van der Waals surface area contributed by atoms with Crippen molar-refractivity contribution in [2.75, 3.05) is 18.1 Å². The van der Waals surface area contributed by atoms with Crippen LogP contribution >= 0.6 is 11.8 Å². The van der Waals surface area contributed by atoms with Gasteiger partial charge < -0.3 is 5.11 Å². The molecule has 1 aromatic carbocycles. The van der Waals surface area contributed by atoms with Crippen molar-refractivity contribution in [3.05, 3.63) is 29.3 Å². The molecule has 0 aromatic heterocycles. The average molecular weight is 327 g/mol. The Morgan fingerprint density at radius 3 is 2.76 bits per heavy atom. The summed E-state index contributed by atoms with van der Waals surface area (Å²) in [4.78, 5) is 11.0. The molecule has 2 N–H and O–H groups in total. The van der Waals surface area contributed by atoms with Crippen LogP contribution in [0.3, 0.4) is 0 Å². The van der Waals surface area contributed by atoms with E-state index in [1.807, 2.05) is 6.92 Å². The van der Waals surface area contributed by atoms with Crippen LogP contribution in [0.15, 0.2) is 23.1 Å². The Kier molecular flexibility index (Phi) is 6.75. The minimum Gasteiger partial charge on any atom is -0.478 e. The van der Waals surface area contributed by atoms with E-state index in [1.165, 1.54) is 30.0 Å². The molecule has 0 amide bonds. The summed E-state index contributed by atoms with van der Waals surface area (Å²) in [5.41, 5.74) is 0.540. The number of sulfonamides is 1. The smallest absolute Gasteiger partial charge is 0.335 e. The van der Waals surface area contributed by atoms with E-state index in [4.69, 9.17) is 11.5 Å². The van der Waals surface area contributed by atoms with Crippen molar-refractivity contribution in [1.29, 1.82) is 0 Å². The second-order valence-corrected chi connectivity index (χ2v) is 6.98. The largest absolute Gasteiger partial charge is 0.478 e. The van der Waals surface area contributed by atoms with E-state index in [0.717, 1.165) is 0 Å². The number of thioether (sulfide) groups is 1. The highest BCUT2D eigenvalue weighted by Crippen LogP contribution is 2.18. The van der Waals surface area contributed by atoms with E-state index in [0.29, 0.717) is 23.5 Å². The van der Waals surface area contributed by atoms with Gasteiger partial charge in [0.15, 0.2) is 0 Å². The highest BCUT2D eigenvalue weighted by Gasteiger charge is 2.19. The van der Waals surface area contributed by atoms with Crippen LogP contribution in [-0.2, 0) is 16.4 Å².